The van der Waals surface area contributed by atoms with Crippen LogP contribution in [0.2, 0.25) is 0 Å². The average molecular weight is 324 g/mol. The van der Waals surface area contributed by atoms with E-state index in [4.69, 9.17) is 14.5 Å². The summed E-state index contributed by atoms with van der Waals surface area (Å²) in [6.45, 7) is 3.91. The molecule has 0 saturated carbocycles. The smallest absolute Gasteiger partial charge is 0.157 e. The van der Waals surface area contributed by atoms with Gasteiger partial charge in [-0.05, 0) is 6.92 Å². The molecule has 1 aliphatic rings. The van der Waals surface area contributed by atoms with Crippen LogP contribution in [0.1, 0.15) is 6.92 Å². The lowest BCUT2D eigenvalue weighted by Crippen LogP contribution is -2.35. The topological polar surface area (TPSA) is 60.7 Å². The Hall–Kier alpha value is -2.44. The van der Waals surface area contributed by atoms with Crippen molar-refractivity contribution in [1.82, 2.24) is 14.6 Å². The number of hydrogen-bond donors (Lipinski definition) is 1. The molecule has 3 heterocycles. The molecule has 6 nitrogen and oxygen atoms in total. The number of anilines is 1. The summed E-state index contributed by atoms with van der Waals surface area (Å²) in [5.41, 5.74) is 2.80. The van der Waals surface area contributed by atoms with E-state index < -0.39 is 0 Å². The highest BCUT2D eigenvalue weighted by atomic mass is 16.5. The number of benzene rings is 1. The van der Waals surface area contributed by atoms with Crippen LogP contribution in [0.4, 0.5) is 5.82 Å². The van der Waals surface area contributed by atoms with Crippen LogP contribution >= 0.6 is 0 Å². The Bertz CT molecular complexity index is 818. The summed E-state index contributed by atoms with van der Waals surface area (Å²) in [5.74, 6) is 0.893. The molecule has 1 aromatic carbocycles. The lowest BCUT2D eigenvalue weighted by molar-refractivity contribution is 0.0478. The predicted molar refractivity (Wildman–Crippen MR) is 92.1 cm³/mol. The Balaban J connectivity index is 1.70. The van der Waals surface area contributed by atoms with E-state index in [9.17, 15) is 0 Å². The summed E-state index contributed by atoms with van der Waals surface area (Å²) in [6.07, 6.45) is 1.81. The normalized spacial score (nSPS) is 20.5. The van der Waals surface area contributed by atoms with Crippen molar-refractivity contribution in [3.05, 3.63) is 48.7 Å². The van der Waals surface area contributed by atoms with Crippen molar-refractivity contribution in [3.8, 4) is 11.3 Å². The van der Waals surface area contributed by atoms with Gasteiger partial charge < -0.3 is 14.8 Å². The maximum atomic E-state index is 5.76. The van der Waals surface area contributed by atoms with Gasteiger partial charge in [-0.15, -0.1) is 0 Å². The fourth-order valence-electron chi connectivity index (χ4n) is 3.01. The van der Waals surface area contributed by atoms with Crippen LogP contribution in [0.25, 0.3) is 16.9 Å². The molecule has 0 amide bonds. The van der Waals surface area contributed by atoms with Gasteiger partial charge in [-0.3, -0.25) is 0 Å². The Morgan fingerprint density at radius 1 is 1.25 bits per heavy atom. The fraction of sp³-hybridized carbons (Fsp3) is 0.333. The number of hydrogen-bond acceptors (Lipinski definition) is 5. The summed E-state index contributed by atoms with van der Waals surface area (Å²) < 4.78 is 13.1. The van der Waals surface area contributed by atoms with Gasteiger partial charge in [0, 0.05) is 24.3 Å². The molecule has 24 heavy (non-hydrogen) atoms. The second kappa shape index (κ2) is 6.59. The van der Waals surface area contributed by atoms with Crippen molar-refractivity contribution >= 4 is 11.5 Å². The van der Waals surface area contributed by atoms with E-state index in [0.29, 0.717) is 19.8 Å². The highest BCUT2D eigenvalue weighted by molar-refractivity contribution is 5.66. The van der Waals surface area contributed by atoms with E-state index in [-0.39, 0.29) is 12.1 Å². The minimum absolute atomic E-state index is 0.0500. The zero-order valence-electron chi connectivity index (χ0n) is 13.6. The minimum Gasteiger partial charge on any atom is -0.376 e. The summed E-state index contributed by atoms with van der Waals surface area (Å²) in [5, 5.41) is 7.90. The van der Waals surface area contributed by atoms with Crippen LogP contribution < -0.4 is 5.32 Å². The van der Waals surface area contributed by atoms with Gasteiger partial charge in [0.2, 0.25) is 0 Å². The third-order valence-electron chi connectivity index (χ3n) is 4.17. The molecule has 0 unspecified atom stereocenters. The largest absolute Gasteiger partial charge is 0.376 e. The lowest BCUT2D eigenvalue weighted by Gasteiger charge is -2.20. The molecule has 1 N–H and O–H groups in total. The van der Waals surface area contributed by atoms with Crippen LogP contribution in [-0.4, -0.2) is 46.6 Å². The molecule has 0 bridgehead atoms. The van der Waals surface area contributed by atoms with Crippen LogP contribution in [0.3, 0.4) is 0 Å². The van der Waals surface area contributed by atoms with E-state index in [2.05, 4.69) is 22.5 Å². The van der Waals surface area contributed by atoms with Crippen molar-refractivity contribution in [2.45, 2.75) is 19.1 Å². The molecule has 3 aromatic rings. The first-order valence-electron chi connectivity index (χ1n) is 8.21. The number of nitrogens with one attached hydrogen (secondary N) is 1. The van der Waals surface area contributed by atoms with Crippen LogP contribution in [0, 0.1) is 0 Å². The van der Waals surface area contributed by atoms with E-state index >= 15 is 0 Å². The second-order valence-corrected chi connectivity index (χ2v) is 5.78. The first-order valence-corrected chi connectivity index (χ1v) is 8.21. The molecule has 0 radical (unpaired) electrons. The number of ether oxygens (including phenoxy) is 2. The molecule has 1 aliphatic heterocycles. The zero-order valence-corrected chi connectivity index (χ0v) is 13.6. The van der Waals surface area contributed by atoms with Gasteiger partial charge in [0.1, 0.15) is 11.9 Å². The molecule has 1 fully saturated rings. The van der Waals surface area contributed by atoms with Gasteiger partial charge in [-0.1, -0.05) is 30.3 Å². The van der Waals surface area contributed by atoms with Crippen molar-refractivity contribution in [2.24, 2.45) is 0 Å². The molecule has 2 atom stereocenters. The van der Waals surface area contributed by atoms with Gasteiger partial charge >= 0.3 is 0 Å². The number of rotatable bonds is 5. The first-order chi connectivity index (χ1) is 11.8. The Labute approximate surface area is 140 Å². The van der Waals surface area contributed by atoms with Gasteiger partial charge in [0.25, 0.3) is 0 Å². The quantitative estimate of drug-likeness (QED) is 0.782. The van der Waals surface area contributed by atoms with Crippen LogP contribution in [0.5, 0.6) is 0 Å². The Kier molecular flexibility index (Phi) is 4.15. The first kappa shape index (κ1) is 15.1. The molecular formula is C18H20N4O2. The summed E-state index contributed by atoms with van der Waals surface area (Å²) >= 11 is 0. The number of nitrogens with zero attached hydrogens (tertiary/aromatic N) is 3. The molecule has 124 valence electrons. The highest BCUT2D eigenvalue weighted by Gasteiger charge is 2.29. The van der Waals surface area contributed by atoms with Crippen molar-refractivity contribution < 1.29 is 9.47 Å². The standard InChI is InChI=1S/C18H20N4O2/c1-2-24-16-12-23-11-15(16)21-18-10-14(13-6-4-3-5-7-13)20-17-8-9-19-22(17)18/h3-10,15-16,21H,2,11-12H2,1H3/t15-,16-/m0/s1. The Morgan fingerprint density at radius 3 is 2.96 bits per heavy atom. The van der Waals surface area contributed by atoms with Crippen LogP contribution in [-0.2, 0) is 9.47 Å². The molecule has 2 aromatic heterocycles. The summed E-state index contributed by atoms with van der Waals surface area (Å²) in [4.78, 5) is 4.69. The molecule has 0 aliphatic carbocycles. The number of fused-ring (bicyclic) bond motifs is 1. The Morgan fingerprint density at radius 2 is 2.12 bits per heavy atom. The fourth-order valence-corrected chi connectivity index (χ4v) is 3.01. The van der Waals surface area contributed by atoms with Crippen molar-refractivity contribution in [2.75, 3.05) is 25.1 Å². The zero-order chi connectivity index (χ0) is 16.4. The van der Waals surface area contributed by atoms with E-state index in [0.717, 1.165) is 22.7 Å². The number of aromatic nitrogens is 3. The average Bonchev–Trinajstić information content (AvgIpc) is 3.25. The molecule has 1 saturated heterocycles. The van der Waals surface area contributed by atoms with Gasteiger partial charge in [0.15, 0.2) is 5.65 Å². The SMILES string of the molecule is CCO[C@H]1COC[C@@H]1Nc1cc(-c2ccccc2)nc2ccnn12. The van der Waals surface area contributed by atoms with E-state index in [1.54, 1.807) is 6.20 Å². The molecule has 0 spiro atoms. The monoisotopic (exact) mass is 324 g/mol. The molecule has 4 rings (SSSR count). The van der Waals surface area contributed by atoms with Crippen LogP contribution in [0.15, 0.2) is 48.7 Å². The third-order valence-corrected chi connectivity index (χ3v) is 4.17. The highest BCUT2D eigenvalue weighted by Crippen LogP contribution is 2.24. The third kappa shape index (κ3) is 2.86. The maximum Gasteiger partial charge on any atom is 0.157 e. The van der Waals surface area contributed by atoms with Gasteiger partial charge in [0.05, 0.1) is 31.1 Å². The maximum absolute atomic E-state index is 5.76. The lowest BCUT2D eigenvalue weighted by atomic mass is 10.1. The minimum atomic E-state index is 0.0500. The van der Waals surface area contributed by atoms with Crippen molar-refractivity contribution in [1.29, 1.82) is 0 Å². The summed E-state index contributed by atoms with van der Waals surface area (Å²) in [6, 6.07) is 14.2. The van der Waals surface area contributed by atoms with Crippen molar-refractivity contribution in [3.63, 3.8) is 0 Å². The summed E-state index contributed by atoms with van der Waals surface area (Å²) in [7, 11) is 0. The molecule has 6 heteroatoms. The molecular weight excluding hydrogens is 304 g/mol. The van der Waals surface area contributed by atoms with Gasteiger partial charge in [-0.2, -0.15) is 9.61 Å². The van der Waals surface area contributed by atoms with E-state index in [1.165, 1.54) is 0 Å². The van der Waals surface area contributed by atoms with E-state index in [1.807, 2.05) is 41.8 Å². The second-order valence-electron chi connectivity index (χ2n) is 5.78. The predicted octanol–water partition coefficient (Wildman–Crippen LogP) is 2.61. The van der Waals surface area contributed by atoms with Gasteiger partial charge in [-0.25, -0.2) is 4.98 Å².